The predicted octanol–water partition coefficient (Wildman–Crippen LogP) is 3.65. The minimum atomic E-state index is -0.413. The van der Waals surface area contributed by atoms with Crippen LogP contribution in [0.1, 0.15) is 44.9 Å². The number of benzene rings is 1. The summed E-state index contributed by atoms with van der Waals surface area (Å²) in [5.41, 5.74) is 0.485. The molecule has 1 saturated carbocycles. The number of carbonyl (C=O) groups is 1. The SMILES string of the molecule is Cl.O=C(CC1CCCN1)Nc1ccc(OC2CCCC2)c(F)c1. The van der Waals surface area contributed by atoms with Crippen molar-refractivity contribution in [1.82, 2.24) is 5.32 Å². The van der Waals surface area contributed by atoms with Gasteiger partial charge in [0.1, 0.15) is 0 Å². The van der Waals surface area contributed by atoms with E-state index in [1.165, 1.54) is 6.07 Å². The van der Waals surface area contributed by atoms with Gasteiger partial charge in [-0.2, -0.15) is 0 Å². The predicted molar refractivity (Wildman–Crippen MR) is 90.8 cm³/mol. The molecule has 2 fully saturated rings. The van der Waals surface area contributed by atoms with Crippen LogP contribution in [0, 0.1) is 5.82 Å². The molecule has 1 aromatic carbocycles. The zero-order valence-electron chi connectivity index (χ0n) is 13.1. The molecule has 0 radical (unpaired) electrons. The summed E-state index contributed by atoms with van der Waals surface area (Å²) in [5.74, 6) is -0.214. The number of hydrogen-bond acceptors (Lipinski definition) is 3. The van der Waals surface area contributed by atoms with Crippen LogP contribution in [0.25, 0.3) is 0 Å². The van der Waals surface area contributed by atoms with Gasteiger partial charge in [0.15, 0.2) is 11.6 Å². The largest absolute Gasteiger partial charge is 0.487 e. The van der Waals surface area contributed by atoms with Gasteiger partial charge in [-0.3, -0.25) is 4.79 Å². The van der Waals surface area contributed by atoms with Crippen LogP contribution in [0.3, 0.4) is 0 Å². The number of rotatable bonds is 5. The Hall–Kier alpha value is -1.33. The molecule has 1 aliphatic carbocycles. The Morgan fingerprint density at radius 3 is 2.70 bits per heavy atom. The number of anilines is 1. The van der Waals surface area contributed by atoms with Crippen LogP contribution in [0.2, 0.25) is 0 Å². The first-order valence-corrected chi connectivity index (χ1v) is 8.20. The molecule has 1 unspecified atom stereocenters. The first-order chi connectivity index (χ1) is 10.7. The normalized spacial score (nSPS) is 21.0. The zero-order chi connectivity index (χ0) is 15.4. The third-order valence-electron chi connectivity index (χ3n) is 4.41. The fraction of sp³-hybridized carbons (Fsp3) is 0.588. The van der Waals surface area contributed by atoms with Gasteiger partial charge < -0.3 is 15.4 Å². The first-order valence-electron chi connectivity index (χ1n) is 8.20. The highest BCUT2D eigenvalue weighted by atomic mass is 35.5. The van der Waals surface area contributed by atoms with Crippen LogP contribution in [0.15, 0.2) is 18.2 Å². The van der Waals surface area contributed by atoms with Crippen LogP contribution in [0.5, 0.6) is 5.75 Å². The molecule has 6 heteroatoms. The highest BCUT2D eigenvalue weighted by molar-refractivity contribution is 5.91. The van der Waals surface area contributed by atoms with Crippen molar-refractivity contribution in [1.29, 1.82) is 0 Å². The zero-order valence-corrected chi connectivity index (χ0v) is 14.0. The Morgan fingerprint density at radius 2 is 2.04 bits per heavy atom. The van der Waals surface area contributed by atoms with E-state index in [1.807, 2.05) is 0 Å². The van der Waals surface area contributed by atoms with Gasteiger partial charge in [-0.05, 0) is 57.2 Å². The molecule has 2 aliphatic rings. The molecule has 1 atom stereocenters. The Balaban J connectivity index is 0.00000192. The summed E-state index contributed by atoms with van der Waals surface area (Å²) in [6.07, 6.45) is 6.98. The fourth-order valence-electron chi connectivity index (χ4n) is 3.23. The second-order valence-electron chi connectivity index (χ2n) is 6.22. The van der Waals surface area contributed by atoms with Crippen LogP contribution in [0.4, 0.5) is 10.1 Å². The van der Waals surface area contributed by atoms with Gasteiger partial charge in [0.2, 0.25) is 5.91 Å². The summed E-state index contributed by atoms with van der Waals surface area (Å²) in [5, 5.41) is 6.04. The second-order valence-corrected chi connectivity index (χ2v) is 6.22. The smallest absolute Gasteiger partial charge is 0.225 e. The number of hydrogen-bond donors (Lipinski definition) is 2. The molecule has 1 amide bonds. The Morgan fingerprint density at radius 1 is 1.26 bits per heavy atom. The third-order valence-corrected chi connectivity index (χ3v) is 4.41. The van der Waals surface area contributed by atoms with E-state index in [9.17, 15) is 9.18 Å². The number of amides is 1. The van der Waals surface area contributed by atoms with E-state index in [2.05, 4.69) is 10.6 Å². The molecule has 1 heterocycles. The second kappa shape index (κ2) is 8.50. The van der Waals surface area contributed by atoms with Crippen molar-refractivity contribution in [3.63, 3.8) is 0 Å². The molecule has 4 nitrogen and oxygen atoms in total. The van der Waals surface area contributed by atoms with Crippen molar-refractivity contribution in [2.45, 2.75) is 57.1 Å². The molecule has 0 spiro atoms. The maximum atomic E-state index is 14.1. The van der Waals surface area contributed by atoms with Crippen molar-refractivity contribution < 1.29 is 13.9 Å². The van der Waals surface area contributed by atoms with E-state index in [-0.39, 0.29) is 36.2 Å². The van der Waals surface area contributed by atoms with E-state index in [1.54, 1.807) is 12.1 Å². The van der Waals surface area contributed by atoms with Crippen LogP contribution >= 0.6 is 12.4 Å². The Kier molecular flexibility index (Phi) is 6.66. The van der Waals surface area contributed by atoms with Crippen molar-refractivity contribution in [3.05, 3.63) is 24.0 Å². The van der Waals surface area contributed by atoms with Gasteiger partial charge in [-0.15, -0.1) is 12.4 Å². The molecule has 0 aromatic heterocycles. The average molecular weight is 343 g/mol. The monoisotopic (exact) mass is 342 g/mol. The lowest BCUT2D eigenvalue weighted by molar-refractivity contribution is -0.116. The quantitative estimate of drug-likeness (QED) is 0.858. The van der Waals surface area contributed by atoms with Crippen molar-refractivity contribution >= 4 is 24.0 Å². The molecule has 2 N–H and O–H groups in total. The summed E-state index contributed by atoms with van der Waals surface area (Å²) < 4.78 is 19.7. The van der Waals surface area contributed by atoms with Crippen molar-refractivity contribution in [3.8, 4) is 5.75 Å². The van der Waals surface area contributed by atoms with Gasteiger partial charge in [0, 0.05) is 24.2 Å². The average Bonchev–Trinajstić information content (AvgIpc) is 3.15. The van der Waals surface area contributed by atoms with E-state index < -0.39 is 5.82 Å². The highest BCUT2D eigenvalue weighted by Gasteiger charge is 2.20. The van der Waals surface area contributed by atoms with Crippen LogP contribution in [-0.2, 0) is 4.79 Å². The highest BCUT2D eigenvalue weighted by Crippen LogP contribution is 2.27. The summed E-state index contributed by atoms with van der Waals surface area (Å²) in [7, 11) is 0. The summed E-state index contributed by atoms with van der Waals surface area (Å²) in [6.45, 7) is 0.972. The van der Waals surface area contributed by atoms with Crippen LogP contribution in [-0.4, -0.2) is 24.6 Å². The number of carbonyl (C=O) groups excluding carboxylic acids is 1. The summed E-state index contributed by atoms with van der Waals surface area (Å²) in [6, 6.07) is 4.89. The fourth-order valence-corrected chi connectivity index (χ4v) is 3.23. The standard InChI is InChI=1S/C17H23FN2O2.ClH/c18-15-10-13(20-17(21)11-12-4-3-9-19-12)7-8-16(15)22-14-5-1-2-6-14;/h7-8,10,12,14,19H,1-6,9,11H2,(H,20,21);1H. The molecule has 3 rings (SSSR count). The minimum absolute atomic E-state index is 0. The number of nitrogens with one attached hydrogen (secondary N) is 2. The Bertz CT molecular complexity index is 529. The van der Waals surface area contributed by atoms with Gasteiger partial charge >= 0.3 is 0 Å². The number of halogens is 2. The summed E-state index contributed by atoms with van der Waals surface area (Å²) >= 11 is 0. The number of ether oxygens (including phenoxy) is 1. The maximum absolute atomic E-state index is 14.1. The molecule has 23 heavy (non-hydrogen) atoms. The van der Waals surface area contributed by atoms with Crippen LogP contribution < -0.4 is 15.4 Å². The Labute approximate surface area is 142 Å². The molecule has 1 saturated heterocycles. The van der Waals surface area contributed by atoms with Gasteiger partial charge in [-0.25, -0.2) is 4.39 Å². The van der Waals surface area contributed by atoms with E-state index in [0.717, 1.165) is 45.1 Å². The van der Waals surface area contributed by atoms with Gasteiger partial charge in [-0.1, -0.05) is 0 Å². The lowest BCUT2D eigenvalue weighted by atomic mass is 10.1. The third kappa shape index (κ3) is 5.08. The van der Waals surface area contributed by atoms with E-state index >= 15 is 0 Å². The van der Waals surface area contributed by atoms with Crippen molar-refractivity contribution in [2.75, 3.05) is 11.9 Å². The molecular formula is C17H24ClFN2O2. The van der Waals surface area contributed by atoms with E-state index in [4.69, 9.17) is 4.74 Å². The molecule has 0 bridgehead atoms. The molecular weight excluding hydrogens is 319 g/mol. The van der Waals surface area contributed by atoms with Crippen molar-refractivity contribution in [2.24, 2.45) is 0 Å². The van der Waals surface area contributed by atoms with Gasteiger partial charge in [0.05, 0.1) is 6.10 Å². The first kappa shape index (κ1) is 18.0. The van der Waals surface area contributed by atoms with Gasteiger partial charge in [0.25, 0.3) is 0 Å². The minimum Gasteiger partial charge on any atom is -0.487 e. The molecule has 1 aromatic rings. The lowest BCUT2D eigenvalue weighted by Crippen LogP contribution is -2.27. The summed E-state index contributed by atoms with van der Waals surface area (Å²) in [4.78, 5) is 11.9. The maximum Gasteiger partial charge on any atom is 0.225 e. The lowest BCUT2D eigenvalue weighted by Gasteiger charge is -2.15. The van der Waals surface area contributed by atoms with E-state index in [0.29, 0.717) is 12.1 Å². The molecule has 1 aliphatic heterocycles. The molecule has 128 valence electrons. The topological polar surface area (TPSA) is 50.4 Å².